The van der Waals surface area contributed by atoms with Crippen LogP contribution in [0.5, 0.6) is 0 Å². The Bertz CT molecular complexity index is 975. The van der Waals surface area contributed by atoms with Crippen molar-refractivity contribution in [1.82, 2.24) is 0 Å². The van der Waals surface area contributed by atoms with Gasteiger partial charge in [-0.25, -0.2) is 9.59 Å². The van der Waals surface area contributed by atoms with Crippen molar-refractivity contribution >= 4 is 29.4 Å². The number of carboxylic acids is 1. The Morgan fingerprint density at radius 3 is 2.25 bits per heavy atom. The van der Waals surface area contributed by atoms with Crippen molar-refractivity contribution in [2.45, 2.75) is 13.2 Å². The van der Waals surface area contributed by atoms with Gasteiger partial charge in [0.2, 0.25) is 0 Å². The number of rotatable bonds is 6. The maximum atomic E-state index is 12.9. The third kappa shape index (κ3) is 4.69. The second-order valence-electron chi connectivity index (χ2n) is 6.04. The molecule has 3 aromatic rings. The number of amides is 1. The normalized spacial score (nSPS) is 10.3. The van der Waals surface area contributed by atoms with Crippen molar-refractivity contribution in [1.29, 1.82) is 0 Å². The first-order valence-electron chi connectivity index (χ1n) is 8.60. The van der Waals surface area contributed by atoms with Gasteiger partial charge in [0.25, 0.3) is 0 Å². The molecule has 28 heavy (non-hydrogen) atoms. The largest absolute Gasteiger partial charge is 0.478 e. The molecule has 0 fully saturated rings. The van der Waals surface area contributed by atoms with Gasteiger partial charge in [-0.1, -0.05) is 72.3 Å². The van der Waals surface area contributed by atoms with Crippen LogP contribution in [0.25, 0.3) is 0 Å². The van der Waals surface area contributed by atoms with Crippen LogP contribution in [0.2, 0.25) is 5.02 Å². The van der Waals surface area contributed by atoms with Gasteiger partial charge in [0.05, 0.1) is 17.8 Å². The van der Waals surface area contributed by atoms with Crippen molar-refractivity contribution in [3.63, 3.8) is 0 Å². The van der Waals surface area contributed by atoms with Crippen molar-refractivity contribution < 1.29 is 19.4 Å². The predicted octanol–water partition coefficient (Wildman–Crippen LogP) is 5.38. The van der Waals surface area contributed by atoms with Crippen molar-refractivity contribution in [2.75, 3.05) is 4.90 Å². The number of anilines is 1. The first kappa shape index (κ1) is 19.5. The summed E-state index contributed by atoms with van der Waals surface area (Å²) in [6.07, 6.45) is -0.655. The number of carboxylic acid groups (broad SMARTS) is 1. The van der Waals surface area contributed by atoms with Gasteiger partial charge in [-0.15, -0.1) is 0 Å². The van der Waals surface area contributed by atoms with E-state index in [0.717, 1.165) is 5.56 Å². The fraction of sp³-hybridized carbons (Fsp3) is 0.0909. The monoisotopic (exact) mass is 395 g/mol. The Labute approximate surface area is 167 Å². The van der Waals surface area contributed by atoms with Crippen LogP contribution in [0.15, 0.2) is 78.9 Å². The highest BCUT2D eigenvalue weighted by Gasteiger charge is 2.23. The molecular weight excluding hydrogens is 378 g/mol. The Hall–Kier alpha value is -3.31. The first-order chi connectivity index (χ1) is 13.6. The van der Waals surface area contributed by atoms with Crippen LogP contribution in [-0.2, 0) is 17.9 Å². The summed E-state index contributed by atoms with van der Waals surface area (Å²) in [5.74, 6) is -1.13. The molecule has 0 heterocycles. The Morgan fingerprint density at radius 1 is 0.893 bits per heavy atom. The van der Waals surface area contributed by atoms with Crippen LogP contribution >= 0.6 is 11.6 Å². The van der Waals surface area contributed by atoms with Crippen LogP contribution in [0, 0.1) is 0 Å². The van der Waals surface area contributed by atoms with E-state index in [1.54, 1.807) is 42.5 Å². The number of carbonyl (C=O) groups excluding carboxylic acids is 1. The smallest absolute Gasteiger partial charge is 0.414 e. The number of hydrogen-bond acceptors (Lipinski definition) is 3. The molecule has 3 aromatic carbocycles. The highest BCUT2D eigenvalue weighted by molar-refractivity contribution is 6.31. The number of ether oxygens (including phenoxy) is 1. The highest BCUT2D eigenvalue weighted by atomic mass is 35.5. The number of carbonyl (C=O) groups is 2. The molecule has 0 aromatic heterocycles. The molecule has 0 aliphatic heterocycles. The summed E-state index contributed by atoms with van der Waals surface area (Å²) >= 11 is 6.24. The summed E-state index contributed by atoms with van der Waals surface area (Å²) in [5, 5.41) is 10.0. The fourth-order valence-electron chi connectivity index (χ4n) is 2.73. The molecule has 6 heteroatoms. The van der Waals surface area contributed by atoms with Crippen LogP contribution in [0.4, 0.5) is 10.5 Å². The lowest BCUT2D eigenvalue weighted by Gasteiger charge is -2.24. The van der Waals surface area contributed by atoms with E-state index < -0.39 is 12.1 Å². The average molecular weight is 396 g/mol. The maximum absolute atomic E-state index is 12.9. The second kappa shape index (κ2) is 9.06. The summed E-state index contributed by atoms with van der Waals surface area (Å²) < 4.78 is 5.44. The summed E-state index contributed by atoms with van der Waals surface area (Å²) in [6.45, 7) is 0.158. The molecule has 0 aliphatic rings. The number of hydrogen-bond donors (Lipinski definition) is 1. The minimum Gasteiger partial charge on any atom is -0.478 e. The number of nitrogens with zero attached hydrogens (tertiary/aromatic N) is 1. The molecule has 0 atom stereocenters. The summed E-state index contributed by atoms with van der Waals surface area (Å²) in [7, 11) is 0. The van der Waals surface area contributed by atoms with E-state index in [1.165, 1.54) is 11.0 Å². The van der Waals surface area contributed by atoms with Gasteiger partial charge in [-0.05, 0) is 29.3 Å². The number of benzene rings is 3. The Balaban J connectivity index is 1.91. The van der Waals surface area contributed by atoms with E-state index in [1.807, 2.05) is 30.3 Å². The van der Waals surface area contributed by atoms with Gasteiger partial charge in [-0.2, -0.15) is 0 Å². The second-order valence-corrected chi connectivity index (χ2v) is 6.45. The average Bonchev–Trinajstić information content (AvgIpc) is 2.72. The van der Waals surface area contributed by atoms with Gasteiger partial charge in [0.15, 0.2) is 0 Å². The molecule has 0 unspecified atom stereocenters. The standard InChI is InChI=1S/C22H18ClNO4/c23-19-12-6-4-10-17(19)14-24(20-13-7-5-11-18(20)21(25)26)22(27)28-15-16-8-2-1-3-9-16/h1-13H,14-15H2,(H,25,26). The van der Waals surface area contributed by atoms with Crippen molar-refractivity contribution in [3.8, 4) is 0 Å². The minimum absolute atomic E-state index is 0.00575. The zero-order chi connectivity index (χ0) is 19.9. The first-order valence-corrected chi connectivity index (χ1v) is 8.98. The summed E-state index contributed by atoms with van der Waals surface area (Å²) in [4.78, 5) is 25.8. The van der Waals surface area contributed by atoms with E-state index in [9.17, 15) is 14.7 Å². The van der Waals surface area contributed by atoms with Crippen LogP contribution < -0.4 is 4.90 Å². The van der Waals surface area contributed by atoms with Gasteiger partial charge >= 0.3 is 12.1 Å². The van der Waals surface area contributed by atoms with E-state index in [0.29, 0.717) is 10.6 Å². The number of para-hydroxylation sites is 1. The quantitative estimate of drug-likeness (QED) is 0.608. The van der Waals surface area contributed by atoms with Gasteiger partial charge in [0.1, 0.15) is 6.61 Å². The van der Waals surface area contributed by atoms with E-state index >= 15 is 0 Å². The van der Waals surface area contributed by atoms with Crippen LogP contribution in [-0.4, -0.2) is 17.2 Å². The highest BCUT2D eigenvalue weighted by Crippen LogP contribution is 2.26. The molecule has 3 rings (SSSR count). The fourth-order valence-corrected chi connectivity index (χ4v) is 2.93. The SMILES string of the molecule is O=C(O)c1ccccc1N(Cc1ccccc1Cl)C(=O)OCc1ccccc1. The van der Waals surface area contributed by atoms with Gasteiger partial charge in [-0.3, -0.25) is 4.90 Å². The minimum atomic E-state index is -1.13. The van der Waals surface area contributed by atoms with Crippen LogP contribution in [0.1, 0.15) is 21.5 Å². The van der Waals surface area contributed by atoms with E-state index in [2.05, 4.69) is 0 Å². The van der Waals surface area contributed by atoms with Crippen molar-refractivity contribution in [2.24, 2.45) is 0 Å². The molecular formula is C22H18ClNO4. The van der Waals surface area contributed by atoms with E-state index in [-0.39, 0.29) is 24.4 Å². The topological polar surface area (TPSA) is 66.8 Å². The molecule has 0 spiro atoms. The predicted molar refractivity (Wildman–Crippen MR) is 108 cm³/mol. The lowest BCUT2D eigenvalue weighted by molar-refractivity contribution is 0.0697. The molecule has 5 nitrogen and oxygen atoms in total. The maximum Gasteiger partial charge on any atom is 0.414 e. The van der Waals surface area contributed by atoms with Gasteiger partial charge in [0, 0.05) is 5.02 Å². The number of aromatic carboxylic acids is 1. The molecule has 1 N–H and O–H groups in total. The van der Waals surface area contributed by atoms with E-state index in [4.69, 9.17) is 16.3 Å². The zero-order valence-electron chi connectivity index (χ0n) is 14.9. The number of halogens is 1. The third-order valence-electron chi connectivity index (χ3n) is 4.14. The molecule has 0 radical (unpaired) electrons. The molecule has 0 aliphatic carbocycles. The third-order valence-corrected chi connectivity index (χ3v) is 4.51. The molecule has 0 bridgehead atoms. The molecule has 142 valence electrons. The van der Waals surface area contributed by atoms with Gasteiger partial charge < -0.3 is 9.84 Å². The Morgan fingerprint density at radius 2 is 1.54 bits per heavy atom. The zero-order valence-corrected chi connectivity index (χ0v) is 15.7. The summed E-state index contributed by atoms with van der Waals surface area (Å²) in [6, 6.07) is 22.7. The molecule has 0 saturated carbocycles. The molecule has 1 amide bonds. The molecule has 0 saturated heterocycles. The lowest BCUT2D eigenvalue weighted by atomic mass is 10.1. The Kier molecular flexibility index (Phi) is 6.29. The van der Waals surface area contributed by atoms with Crippen molar-refractivity contribution in [3.05, 3.63) is 101 Å². The summed E-state index contributed by atoms with van der Waals surface area (Å²) in [5.41, 5.74) is 1.76. The van der Waals surface area contributed by atoms with Crippen LogP contribution in [0.3, 0.4) is 0 Å². The lowest BCUT2D eigenvalue weighted by Crippen LogP contribution is -2.32.